The molecule has 0 amide bonds. The maximum atomic E-state index is 12.0. The van der Waals surface area contributed by atoms with Crippen LogP contribution in [-0.2, 0) is 17.3 Å². The molecule has 4 nitrogen and oxygen atoms in total. The number of rotatable bonds is 9. The van der Waals surface area contributed by atoms with Gasteiger partial charge in [-0.15, -0.1) is 18.2 Å². The van der Waals surface area contributed by atoms with Gasteiger partial charge in [0.25, 0.3) is 0 Å². The van der Waals surface area contributed by atoms with Crippen molar-refractivity contribution in [3.8, 4) is 11.5 Å². The van der Waals surface area contributed by atoms with Crippen molar-refractivity contribution in [2.45, 2.75) is 0 Å². The summed E-state index contributed by atoms with van der Waals surface area (Å²) in [5.74, 6) is 0.551. The Kier molecular flexibility index (Phi) is 18.0. The molecule has 0 heterocycles. The van der Waals surface area contributed by atoms with Crippen molar-refractivity contribution in [3.05, 3.63) is 243 Å². The molecule has 9 aromatic rings. The molecule has 0 aliphatic heterocycles. The Bertz CT molecular complexity index is 2340. The van der Waals surface area contributed by atoms with Gasteiger partial charge in [0, 0.05) is 11.1 Å². The van der Waals surface area contributed by atoms with Gasteiger partial charge in [0.05, 0.1) is 12.8 Å². The minimum Gasteiger partial charge on any atom is -0.0622 e. The third-order valence-electron chi connectivity index (χ3n) is 9.21. The summed E-state index contributed by atoms with van der Waals surface area (Å²) in [6, 6.07) is 83.7. The van der Waals surface area contributed by atoms with E-state index in [1.165, 1.54) is 37.9 Å². The summed E-state index contributed by atoms with van der Waals surface area (Å²) in [6.07, 6.45) is 0. The van der Waals surface area contributed by atoms with Gasteiger partial charge in [-0.25, -0.2) is 0 Å². The number of halogens is 1. The Morgan fingerprint density at radius 3 is 1.15 bits per heavy atom. The van der Waals surface area contributed by atoms with Gasteiger partial charge in [-0.1, -0.05) is 224 Å². The van der Waals surface area contributed by atoms with Gasteiger partial charge in [0.1, 0.15) is 0 Å². The molecular formula is C53H42ClN2O2P2Ru. The van der Waals surface area contributed by atoms with Crippen LogP contribution >= 0.6 is 25.5 Å². The number of ether oxygens (including phenoxy) is 1. The summed E-state index contributed by atoms with van der Waals surface area (Å²) in [5, 5.41) is 30.3. The van der Waals surface area contributed by atoms with Gasteiger partial charge < -0.3 is 9.84 Å². The average Bonchev–Trinajstić information content (AvgIpc) is 3.35. The zero-order valence-corrected chi connectivity index (χ0v) is 37.6. The van der Waals surface area contributed by atoms with Crippen LogP contribution in [-0.4, -0.2) is 7.11 Å². The van der Waals surface area contributed by atoms with E-state index in [4.69, 9.17) is 4.74 Å². The molecular weight excluding hydrogens is 895 g/mol. The second kappa shape index (κ2) is 24.5. The molecule has 8 heteroatoms. The van der Waals surface area contributed by atoms with Crippen LogP contribution in [0.5, 0.6) is 11.5 Å². The summed E-state index contributed by atoms with van der Waals surface area (Å²) in [6.45, 7) is 0. The zero-order valence-electron chi connectivity index (χ0n) is 33.4. The van der Waals surface area contributed by atoms with Gasteiger partial charge in [-0.3, -0.25) is 0 Å². The topological polar surface area (TPSA) is 57.0 Å². The van der Waals surface area contributed by atoms with E-state index in [9.17, 15) is 5.11 Å². The SMILES string of the molecule is COc1c[c-]c(N=Nc2c([O-])ccc3ccccc23)cc1.[Cl][Ru+2].c1ccc(P(c2ccccc2)c2ccccc2)cc1.c1ccc(P(c2ccccc2)c2ccccc2)cc1. The van der Waals surface area contributed by atoms with Gasteiger partial charge >= 0.3 is 27.0 Å². The van der Waals surface area contributed by atoms with E-state index in [1.54, 1.807) is 31.4 Å². The van der Waals surface area contributed by atoms with Crippen molar-refractivity contribution in [2.75, 3.05) is 7.11 Å². The Balaban J connectivity index is 0.000000150. The summed E-state index contributed by atoms with van der Waals surface area (Å²) >= 11 is 1.82. The first-order valence-corrected chi connectivity index (χ1v) is 24.3. The van der Waals surface area contributed by atoms with Crippen LogP contribution in [0.25, 0.3) is 10.8 Å². The van der Waals surface area contributed by atoms with Crippen LogP contribution in [0.3, 0.4) is 0 Å². The van der Waals surface area contributed by atoms with Crippen molar-refractivity contribution in [2.24, 2.45) is 10.2 Å². The van der Waals surface area contributed by atoms with Gasteiger partial charge in [0.15, 0.2) is 0 Å². The smallest absolute Gasteiger partial charge is 0.0134 e. The molecule has 9 rings (SSSR count). The van der Waals surface area contributed by atoms with E-state index in [-0.39, 0.29) is 5.75 Å². The number of hydrogen-bond donors (Lipinski definition) is 0. The number of azo groups is 1. The first-order valence-electron chi connectivity index (χ1n) is 19.4. The van der Waals surface area contributed by atoms with Crippen molar-refractivity contribution in [1.82, 2.24) is 0 Å². The standard InChI is InChI=1S/2C18H15P.C17H13N2O2.ClH.Ru/c2*1-4-10-16(11-5-1)19(17-12-6-2-7-13-17)18-14-8-3-9-15-18;1-21-14-9-7-13(8-10-14)18-19-17-15-5-3-2-4-12(15)6-11-16(17)20;;/h2*1-15H;2-7,9-11,20H,1H3;1H;/q;;-1;;+3/p-2. The van der Waals surface area contributed by atoms with Crippen LogP contribution in [0, 0.1) is 6.07 Å². The molecule has 0 N–H and O–H groups in total. The second-order valence-corrected chi connectivity index (χ2v) is 17.6. The molecule has 0 aliphatic carbocycles. The number of hydrogen-bond acceptors (Lipinski definition) is 4. The first-order chi connectivity index (χ1) is 30.2. The number of methoxy groups -OCH3 is 1. The van der Waals surface area contributed by atoms with E-state index in [1.807, 2.05) is 41.6 Å². The minimum absolute atomic E-state index is 0.147. The summed E-state index contributed by atoms with van der Waals surface area (Å²) < 4.78 is 5.06. The molecule has 0 unspecified atom stereocenters. The maximum Gasteiger partial charge on any atom is -0.0134 e. The molecule has 61 heavy (non-hydrogen) atoms. The Morgan fingerprint density at radius 2 is 0.803 bits per heavy atom. The summed E-state index contributed by atoms with van der Waals surface area (Å²) in [5.41, 5.74) is 0.889. The van der Waals surface area contributed by atoms with E-state index < -0.39 is 15.8 Å². The van der Waals surface area contributed by atoms with Gasteiger partial charge in [-0.05, 0) is 58.7 Å². The number of nitrogens with zero attached hydrogens (tertiary/aromatic N) is 2. The van der Waals surface area contributed by atoms with Gasteiger partial charge in [0.2, 0.25) is 0 Å². The zero-order chi connectivity index (χ0) is 42.5. The molecule has 0 spiro atoms. The third-order valence-corrected chi connectivity index (χ3v) is 14.1. The Labute approximate surface area is 375 Å². The van der Waals surface area contributed by atoms with Crippen LogP contribution in [0.15, 0.2) is 247 Å². The van der Waals surface area contributed by atoms with Crippen molar-refractivity contribution < 1.29 is 27.2 Å². The van der Waals surface area contributed by atoms with E-state index in [2.05, 4.69) is 208 Å². The number of fused-ring (bicyclic) bond motifs is 1. The quantitative estimate of drug-likeness (QED) is 0.0627. The van der Waals surface area contributed by atoms with Gasteiger partial charge in [-0.2, -0.15) is 16.3 Å². The third kappa shape index (κ3) is 12.9. The molecule has 0 radical (unpaired) electrons. The maximum absolute atomic E-state index is 12.0. The van der Waals surface area contributed by atoms with Crippen LogP contribution in [0.1, 0.15) is 0 Å². The largest absolute Gasteiger partial charge is 0.0622 e. The van der Waals surface area contributed by atoms with E-state index >= 15 is 0 Å². The van der Waals surface area contributed by atoms with E-state index in [0.717, 1.165) is 10.8 Å². The number of benzene rings is 9. The second-order valence-electron chi connectivity index (χ2n) is 13.1. The van der Waals surface area contributed by atoms with Crippen molar-refractivity contribution >= 4 is 79.5 Å². The predicted octanol–water partition coefficient (Wildman–Crippen LogP) is 11.7. The predicted molar refractivity (Wildman–Crippen MR) is 256 cm³/mol. The normalized spacial score (nSPS) is 10.5. The molecule has 0 saturated carbocycles. The van der Waals surface area contributed by atoms with Crippen LogP contribution in [0.2, 0.25) is 0 Å². The molecule has 0 aromatic heterocycles. The molecule has 9 aromatic carbocycles. The van der Waals surface area contributed by atoms with Crippen molar-refractivity contribution in [1.29, 1.82) is 0 Å². The molecule has 0 bridgehead atoms. The molecule has 0 saturated heterocycles. The fourth-order valence-corrected chi connectivity index (χ4v) is 11.0. The summed E-state index contributed by atoms with van der Waals surface area (Å²) in [4.78, 5) is 0. The Morgan fingerprint density at radius 1 is 0.443 bits per heavy atom. The van der Waals surface area contributed by atoms with Crippen LogP contribution in [0.4, 0.5) is 11.4 Å². The van der Waals surface area contributed by atoms with Crippen LogP contribution < -0.4 is 41.7 Å². The first kappa shape index (κ1) is 44.8. The van der Waals surface area contributed by atoms with E-state index in [0.29, 0.717) is 17.1 Å². The molecule has 0 aliphatic rings. The average molecular weight is 937 g/mol. The molecule has 0 fully saturated rings. The Hall–Kier alpha value is -5.79. The summed E-state index contributed by atoms with van der Waals surface area (Å²) in [7, 11) is 5.26. The monoisotopic (exact) mass is 937 g/mol. The fourth-order valence-electron chi connectivity index (χ4n) is 6.39. The molecule has 301 valence electrons. The van der Waals surface area contributed by atoms with Crippen molar-refractivity contribution in [3.63, 3.8) is 0 Å². The fraction of sp³-hybridized carbons (Fsp3) is 0.0189. The molecule has 0 atom stereocenters. The minimum atomic E-state index is -0.446.